The number of hydrogen-bond donors (Lipinski definition) is 1. The van der Waals surface area contributed by atoms with Gasteiger partial charge in [-0.3, -0.25) is 0 Å². The number of amides is 2. The van der Waals surface area contributed by atoms with Crippen molar-refractivity contribution in [3.05, 3.63) is 47.2 Å². The normalized spacial score (nSPS) is 14.7. The second-order valence-corrected chi connectivity index (χ2v) is 5.85. The summed E-state index contributed by atoms with van der Waals surface area (Å²) < 4.78 is 0. The van der Waals surface area contributed by atoms with Gasteiger partial charge in [0.1, 0.15) is 0 Å². The maximum absolute atomic E-state index is 12.3. The highest BCUT2D eigenvalue weighted by Gasteiger charge is 2.22. The predicted molar refractivity (Wildman–Crippen MR) is 91.0 cm³/mol. The van der Waals surface area contributed by atoms with Crippen LogP contribution in [0.4, 0.5) is 16.4 Å². The third-order valence-corrected chi connectivity index (χ3v) is 3.98. The summed E-state index contributed by atoms with van der Waals surface area (Å²) in [4.78, 5) is 24.9. The van der Waals surface area contributed by atoms with E-state index < -0.39 is 0 Å². The van der Waals surface area contributed by atoms with Gasteiger partial charge in [0.05, 0.1) is 0 Å². The first-order chi connectivity index (χ1) is 11.1. The fourth-order valence-electron chi connectivity index (χ4n) is 2.43. The molecule has 2 aromatic rings. The van der Waals surface area contributed by atoms with Gasteiger partial charge < -0.3 is 15.1 Å². The molecule has 0 spiro atoms. The molecule has 1 N–H and O–H groups in total. The lowest BCUT2D eigenvalue weighted by Gasteiger charge is -2.34. The summed E-state index contributed by atoms with van der Waals surface area (Å²) >= 11 is 5.84. The Hall–Kier alpha value is -2.34. The van der Waals surface area contributed by atoms with Crippen LogP contribution in [-0.4, -0.2) is 47.1 Å². The van der Waals surface area contributed by atoms with Crippen LogP contribution in [0.2, 0.25) is 5.02 Å². The average molecular weight is 332 g/mol. The molecule has 6 nitrogen and oxygen atoms in total. The molecule has 23 heavy (non-hydrogen) atoms. The van der Waals surface area contributed by atoms with Crippen LogP contribution < -0.4 is 10.2 Å². The number of piperazine rings is 1. The minimum Gasteiger partial charge on any atom is -0.337 e. The Morgan fingerprint density at radius 2 is 1.83 bits per heavy atom. The number of halogens is 1. The molecule has 1 aromatic heterocycles. The zero-order valence-corrected chi connectivity index (χ0v) is 13.6. The molecule has 1 saturated heterocycles. The predicted octanol–water partition coefficient (Wildman–Crippen LogP) is 2.79. The lowest BCUT2D eigenvalue weighted by molar-refractivity contribution is 0.208. The van der Waals surface area contributed by atoms with Crippen LogP contribution in [0.3, 0.4) is 0 Å². The first-order valence-electron chi connectivity index (χ1n) is 7.48. The highest BCUT2D eigenvalue weighted by Crippen LogP contribution is 2.15. The molecule has 2 amide bonds. The standard InChI is InChI=1S/C16H18ClN5O/c1-12-6-7-18-15(19-12)21-8-10-22(11-9-21)16(23)20-14-4-2-13(17)3-5-14/h2-7H,8-11H2,1H3,(H,20,23). The molecule has 0 saturated carbocycles. The van der Waals surface area contributed by atoms with E-state index in [1.54, 1.807) is 35.4 Å². The lowest BCUT2D eigenvalue weighted by atomic mass is 10.3. The number of urea groups is 1. The fourth-order valence-corrected chi connectivity index (χ4v) is 2.56. The maximum atomic E-state index is 12.3. The molecule has 120 valence electrons. The Morgan fingerprint density at radius 3 is 2.48 bits per heavy atom. The molecule has 1 aliphatic rings. The van der Waals surface area contributed by atoms with E-state index in [1.807, 2.05) is 13.0 Å². The van der Waals surface area contributed by atoms with Crippen molar-refractivity contribution in [3.63, 3.8) is 0 Å². The van der Waals surface area contributed by atoms with E-state index in [2.05, 4.69) is 20.2 Å². The van der Waals surface area contributed by atoms with E-state index >= 15 is 0 Å². The van der Waals surface area contributed by atoms with Crippen LogP contribution in [0.5, 0.6) is 0 Å². The molecule has 1 fully saturated rings. The SMILES string of the molecule is Cc1ccnc(N2CCN(C(=O)Nc3ccc(Cl)cc3)CC2)n1. The molecular formula is C16H18ClN5O. The zero-order valence-electron chi connectivity index (χ0n) is 12.9. The summed E-state index contributed by atoms with van der Waals surface area (Å²) in [5.41, 5.74) is 1.68. The summed E-state index contributed by atoms with van der Waals surface area (Å²) in [7, 11) is 0. The Labute approximate surface area is 140 Å². The van der Waals surface area contributed by atoms with Gasteiger partial charge in [0, 0.05) is 48.8 Å². The Morgan fingerprint density at radius 1 is 1.13 bits per heavy atom. The molecular weight excluding hydrogens is 314 g/mol. The third-order valence-electron chi connectivity index (χ3n) is 3.73. The van der Waals surface area contributed by atoms with Gasteiger partial charge in [-0.25, -0.2) is 14.8 Å². The van der Waals surface area contributed by atoms with Crippen molar-refractivity contribution in [1.29, 1.82) is 0 Å². The Balaban J connectivity index is 1.56. The second-order valence-electron chi connectivity index (χ2n) is 5.41. The van der Waals surface area contributed by atoms with Gasteiger partial charge in [-0.15, -0.1) is 0 Å². The molecule has 3 rings (SSSR count). The lowest BCUT2D eigenvalue weighted by Crippen LogP contribution is -2.50. The fraction of sp³-hybridized carbons (Fsp3) is 0.312. The molecule has 0 unspecified atom stereocenters. The van der Waals surface area contributed by atoms with Crippen LogP contribution in [0, 0.1) is 6.92 Å². The molecule has 0 atom stereocenters. The number of carbonyl (C=O) groups excluding carboxylic acids is 1. The van der Waals surface area contributed by atoms with Crippen molar-refractivity contribution in [3.8, 4) is 0 Å². The largest absolute Gasteiger partial charge is 0.337 e. The van der Waals surface area contributed by atoms with E-state index in [4.69, 9.17) is 11.6 Å². The van der Waals surface area contributed by atoms with Gasteiger partial charge in [-0.1, -0.05) is 11.6 Å². The van der Waals surface area contributed by atoms with E-state index in [0.29, 0.717) is 18.1 Å². The van der Waals surface area contributed by atoms with Crippen molar-refractivity contribution in [2.45, 2.75) is 6.92 Å². The number of hydrogen-bond acceptors (Lipinski definition) is 4. The molecule has 7 heteroatoms. The van der Waals surface area contributed by atoms with Crippen LogP contribution in [-0.2, 0) is 0 Å². The maximum Gasteiger partial charge on any atom is 0.321 e. The van der Waals surface area contributed by atoms with Crippen molar-refractivity contribution >= 4 is 29.3 Å². The molecule has 2 heterocycles. The minimum atomic E-state index is -0.0999. The number of nitrogens with zero attached hydrogens (tertiary/aromatic N) is 4. The number of anilines is 2. The highest BCUT2D eigenvalue weighted by atomic mass is 35.5. The van der Waals surface area contributed by atoms with Gasteiger partial charge in [0.15, 0.2) is 0 Å². The number of carbonyl (C=O) groups is 1. The van der Waals surface area contributed by atoms with E-state index in [9.17, 15) is 4.79 Å². The van der Waals surface area contributed by atoms with Gasteiger partial charge in [-0.05, 0) is 37.3 Å². The second kappa shape index (κ2) is 6.83. The van der Waals surface area contributed by atoms with Crippen LogP contribution >= 0.6 is 11.6 Å². The van der Waals surface area contributed by atoms with Gasteiger partial charge in [0.25, 0.3) is 0 Å². The summed E-state index contributed by atoms with van der Waals surface area (Å²) in [6, 6.07) is 8.86. The highest BCUT2D eigenvalue weighted by molar-refractivity contribution is 6.30. The summed E-state index contributed by atoms with van der Waals surface area (Å²) in [6.07, 6.45) is 1.76. The summed E-state index contributed by atoms with van der Waals surface area (Å²) in [5.74, 6) is 0.725. The van der Waals surface area contributed by atoms with E-state index in [1.165, 1.54) is 0 Å². The topological polar surface area (TPSA) is 61.4 Å². The Bertz CT molecular complexity index is 683. The molecule has 0 aliphatic carbocycles. The number of benzene rings is 1. The zero-order chi connectivity index (χ0) is 16.2. The Kier molecular flexibility index (Phi) is 4.62. The van der Waals surface area contributed by atoms with Crippen LogP contribution in [0.15, 0.2) is 36.5 Å². The van der Waals surface area contributed by atoms with Crippen molar-refractivity contribution in [2.75, 3.05) is 36.4 Å². The number of aromatic nitrogens is 2. The third kappa shape index (κ3) is 3.90. The quantitative estimate of drug-likeness (QED) is 0.919. The van der Waals surface area contributed by atoms with Gasteiger partial charge in [-0.2, -0.15) is 0 Å². The number of aryl methyl sites for hydroxylation is 1. The first-order valence-corrected chi connectivity index (χ1v) is 7.86. The van der Waals surface area contributed by atoms with E-state index in [0.717, 1.165) is 30.4 Å². The minimum absolute atomic E-state index is 0.0999. The van der Waals surface area contributed by atoms with Crippen molar-refractivity contribution < 1.29 is 4.79 Å². The smallest absolute Gasteiger partial charge is 0.321 e. The van der Waals surface area contributed by atoms with E-state index in [-0.39, 0.29) is 6.03 Å². The number of nitrogens with one attached hydrogen (secondary N) is 1. The average Bonchev–Trinajstić information content (AvgIpc) is 2.57. The van der Waals surface area contributed by atoms with Gasteiger partial charge >= 0.3 is 6.03 Å². The molecule has 1 aliphatic heterocycles. The molecule has 0 bridgehead atoms. The summed E-state index contributed by atoms with van der Waals surface area (Å²) in [5, 5.41) is 3.53. The number of rotatable bonds is 2. The van der Waals surface area contributed by atoms with Gasteiger partial charge in [0.2, 0.25) is 5.95 Å². The van der Waals surface area contributed by atoms with Crippen LogP contribution in [0.1, 0.15) is 5.69 Å². The van der Waals surface area contributed by atoms with Crippen molar-refractivity contribution in [2.24, 2.45) is 0 Å². The first kappa shape index (κ1) is 15.6. The molecule has 1 aromatic carbocycles. The monoisotopic (exact) mass is 331 g/mol. The molecule has 0 radical (unpaired) electrons. The summed E-state index contributed by atoms with van der Waals surface area (Å²) in [6.45, 7) is 4.66. The van der Waals surface area contributed by atoms with Crippen LogP contribution in [0.25, 0.3) is 0 Å². The van der Waals surface area contributed by atoms with Crippen molar-refractivity contribution in [1.82, 2.24) is 14.9 Å².